The molecule has 0 N–H and O–H groups in total. The van der Waals surface area contributed by atoms with Crippen LogP contribution in [-0.2, 0) is 4.79 Å². The molecule has 0 aliphatic rings. The van der Waals surface area contributed by atoms with Crippen molar-refractivity contribution in [2.75, 3.05) is 4.90 Å². The van der Waals surface area contributed by atoms with Crippen LogP contribution in [0.5, 0.6) is 0 Å². The Labute approximate surface area is 218 Å². The molecule has 0 aliphatic heterocycles. The van der Waals surface area contributed by atoms with E-state index >= 15 is 0 Å². The quantitative estimate of drug-likeness (QED) is 0.173. The van der Waals surface area contributed by atoms with Gasteiger partial charge in [-0.3, -0.25) is 9.69 Å². The monoisotopic (exact) mass is 506 g/mol. The van der Waals surface area contributed by atoms with E-state index in [0.29, 0.717) is 0 Å². The SMILES string of the molecule is O=C(C(Cl)[P+](c1ccccc1)(c1ccccc1)c1ccccc1)N(c1ccccc1)c1ccccc1. The molecular weight excluding hydrogens is 481 g/mol. The zero-order valence-corrected chi connectivity index (χ0v) is 21.3. The Balaban J connectivity index is 1.76. The van der Waals surface area contributed by atoms with E-state index in [2.05, 4.69) is 36.4 Å². The Morgan fingerprint density at radius 1 is 0.500 bits per heavy atom. The predicted octanol–water partition coefficient (Wildman–Crippen LogP) is 6.91. The van der Waals surface area contributed by atoms with Gasteiger partial charge in [-0.25, -0.2) is 0 Å². The molecule has 5 aromatic rings. The van der Waals surface area contributed by atoms with Gasteiger partial charge in [0, 0.05) is 11.4 Å². The van der Waals surface area contributed by atoms with Gasteiger partial charge in [-0.15, -0.1) is 0 Å². The second kappa shape index (κ2) is 10.9. The van der Waals surface area contributed by atoms with Crippen LogP contribution in [0, 0.1) is 0 Å². The fourth-order valence-corrected chi connectivity index (χ4v) is 9.82. The summed E-state index contributed by atoms with van der Waals surface area (Å²) in [4.78, 5) is 16.4. The second-order valence-electron chi connectivity index (χ2n) is 8.41. The van der Waals surface area contributed by atoms with Gasteiger partial charge in [-0.1, -0.05) is 103 Å². The minimum Gasteiger partial charge on any atom is -0.276 e. The molecule has 0 bridgehead atoms. The fraction of sp³-hybridized carbons (Fsp3) is 0.0312. The molecule has 0 aromatic heterocycles. The van der Waals surface area contributed by atoms with Crippen molar-refractivity contribution < 1.29 is 4.79 Å². The Hall–Kier alpha value is -3.71. The van der Waals surface area contributed by atoms with Crippen molar-refractivity contribution >= 4 is 52.1 Å². The highest BCUT2D eigenvalue weighted by molar-refractivity contribution is 7.98. The van der Waals surface area contributed by atoms with Crippen LogP contribution < -0.4 is 20.8 Å². The predicted molar refractivity (Wildman–Crippen MR) is 155 cm³/mol. The van der Waals surface area contributed by atoms with Gasteiger partial charge in [0.1, 0.15) is 23.2 Å². The van der Waals surface area contributed by atoms with Crippen LogP contribution in [0.15, 0.2) is 152 Å². The first-order chi connectivity index (χ1) is 17.7. The highest BCUT2D eigenvalue weighted by Crippen LogP contribution is 2.62. The molecule has 0 spiro atoms. The van der Waals surface area contributed by atoms with E-state index in [1.165, 1.54) is 0 Å². The first-order valence-electron chi connectivity index (χ1n) is 11.9. The molecule has 4 heteroatoms. The summed E-state index contributed by atoms with van der Waals surface area (Å²) in [7, 11) is -2.62. The first-order valence-corrected chi connectivity index (χ1v) is 14.2. The molecule has 0 saturated carbocycles. The molecule has 0 radical (unpaired) electrons. The van der Waals surface area contributed by atoms with Crippen LogP contribution in [0.4, 0.5) is 11.4 Å². The molecule has 0 heterocycles. The van der Waals surface area contributed by atoms with E-state index in [9.17, 15) is 4.79 Å². The molecule has 5 rings (SSSR count). The van der Waals surface area contributed by atoms with Crippen molar-refractivity contribution in [2.24, 2.45) is 0 Å². The summed E-state index contributed by atoms with van der Waals surface area (Å²) in [5, 5.41) is 2.36. The zero-order valence-electron chi connectivity index (χ0n) is 19.7. The summed E-state index contributed by atoms with van der Waals surface area (Å²) in [5.41, 5.74) is 1.57. The third-order valence-corrected chi connectivity index (χ3v) is 11.6. The summed E-state index contributed by atoms with van der Waals surface area (Å²) in [6.07, 6.45) is 0. The number of amides is 1. The van der Waals surface area contributed by atoms with Crippen molar-refractivity contribution in [3.8, 4) is 0 Å². The summed E-state index contributed by atoms with van der Waals surface area (Å²) >= 11 is 7.51. The van der Waals surface area contributed by atoms with Gasteiger partial charge in [-0.2, -0.15) is 0 Å². The zero-order chi connectivity index (χ0) is 24.8. The number of nitrogens with zero attached hydrogens (tertiary/aromatic N) is 1. The smallest absolute Gasteiger partial charge is 0.276 e. The summed E-state index contributed by atoms with van der Waals surface area (Å²) < 4.78 is 0. The number of rotatable bonds is 7. The van der Waals surface area contributed by atoms with E-state index in [1.54, 1.807) is 4.90 Å². The molecule has 2 nitrogen and oxygen atoms in total. The number of halogens is 1. The Morgan fingerprint density at radius 2 is 0.778 bits per heavy atom. The minimum atomic E-state index is -2.62. The third-order valence-electron chi connectivity index (χ3n) is 6.28. The van der Waals surface area contributed by atoms with Gasteiger partial charge in [0.15, 0.2) is 0 Å². The van der Waals surface area contributed by atoms with Gasteiger partial charge in [0.25, 0.3) is 5.91 Å². The second-order valence-corrected chi connectivity index (χ2v) is 12.7. The summed E-state index contributed by atoms with van der Waals surface area (Å²) in [6, 6.07) is 50.2. The highest BCUT2D eigenvalue weighted by atomic mass is 35.5. The largest absolute Gasteiger partial charge is 0.289 e. The van der Waals surface area contributed by atoms with E-state index in [4.69, 9.17) is 11.6 Å². The minimum absolute atomic E-state index is 0.154. The van der Waals surface area contributed by atoms with Crippen LogP contribution in [0.2, 0.25) is 0 Å². The van der Waals surface area contributed by atoms with E-state index < -0.39 is 12.4 Å². The lowest BCUT2D eigenvalue weighted by atomic mass is 10.2. The van der Waals surface area contributed by atoms with E-state index in [0.717, 1.165) is 27.3 Å². The Morgan fingerprint density at radius 3 is 1.08 bits per heavy atom. The Bertz CT molecular complexity index is 1260. The fourth-order valence-electron chi connectivity index (χ4n) is 4.66. The van der Waals surface area contributed by atoms with Crippen molar-refractivity contribution in [1.82, 2.24) is 0 Å². The van der Waals surface area contributed by atoms with Gasteiger partial charge in [0.2, 0.25) is 5.12 Å². The molecule has 1 atom stereocenters. The number of hydrogen-bond acceptors (Lipinski definition) is 1. The summed E-state index contributed by atoms with van der Waals surface area (Å²) in [6.45, 7) is 0. The highest BCUT2D eigenvalue weighted by Gasteiger charge is 2.56. The molecule has 5 aromatic carbocycles. The van der Waals surface area contributed by atoms with Gasteiger partial charge >= 0.3 is 0 Å². The maximum absolute atomic E-state index is 14.6. The molecule has 36 heavy (non-hydrogen) atoms. The normalized spacial score (nSPS) is 12.0. The number of alkyl halides is 1. The first kappa shape index (κ1) is 24.0. The van der Waals surface area contributed by atoms with E-state index in [1.807, 2.05) is 115 Å². The number of carbonyl (C=O) groups is 1. The number of para-hydroxylation sites is 2. The lowest BCUT2D eigenvalue weighted by molar-refractivity contribution is -0.116. The number of carbonyl (C=O) groups excluding carboxylic acids is 1. The van der Waals surface area contributed by atoms with Gasteiger partial charge in [0.05, 0.1) is 0 Å². The average Bonchev–Trinajstić information content (AvgIpc) is 2.96. The maximum Gasteiger partial charge on any atom is 0.289 e. The molecule has 0 saturated heterocycles. The van der Waals surface area contributed by atoms with Crippen molar-refractivity contribution in [3.63, 3.8) is 0 Å². The van der Waals surface area contributed by atoms with Gasteiger partial charge in [-0.05, 0) is 60.7 Å². The molecular formula is C32H26ClNOP+. The topological polar surface area (TPSA) is 20.3 Å². The number of anilines is 2. The van der Waals surface area contributed by atoms with Crippen LogP contribution in [-0.4, -0.2) is 11.0 Å². The van der Waals surface area contributed by atoms with Crippen LogP contribution in [0.1, 0.15) is 0 Å². The van der Waals surface area contributed by atoms with Crippen LogP contribution in [0.25, 0.3) is 0 Å². The van der Waals surface area contributed by atoms with E-state index in [-0.39, 0.29) is 5.91 Å². The molecule has 1 amide bonds. The molecule has 0 fully saturated rings. The van der Waals surface area contributed by atoms with Gasteiger partial charge < -0.3 is 0 Å². The van der Waals surface area contributed by atoms with Crippen molar-refractivity contribution in [2.45, 2.75) is 5.12 Å². The molecule has 176 valence electrons. The lowest BCUT2D eigenvalue weighted by Crippen LogP contribution is -2.44. The molecule has 0 aliphatic carbocycles. The maximum atomic E-state index is 14.6. The van der Waals surface area contributed by atoms with Crippen LogP contribution in [0.3, 0.4) is 0 Å². The molecule has 1 unspecified atom stereocenters. The number of benzene rings is 5. The lowest BCUT2D eigenvalue weighted by Gasteiger charge is -2.33. The summed E-state index contributed by atoms with van der Waals surface area (Å²) in [5.74, 6) is -0.154. The number of hydrogen-bond donors (Lipinski definition) is 0. The Kier molecular flexibility index (Phi) is 7.28. The van der Waals surface area contributed by atoms with Crippen molar-refractivity contribution in [1.29, 1.82) is 0 Å². The average molecular weight is 507 g/mol. The standard InChI is InChI=1S/C32H26ClNOP/c33-31(32(35)34(26-16-6-1-7-17-26)27-18-8-2-9-19-27)36(28-20-10-3-11-21-28,29-22-12-4-13-23-29)30-24-14-5-15-25-30/h1-25,31H/q+1. The van der Waals surface area contributed by atoms with Crippen molar-refractivity contribution in [3.05, 3.63) is 152 Å². The third kappa shape index (κ3) is 4.46. The van der Waals surface area contributed by atoms with Crippen LogP contribution >= 0.6 is 18.9 Å².